The van der Waals surface area contributed by atoms with Crippen molar-refractivity contribution in [1.29, 1.82) is 0 Å². The van der Waals surface area contributed by atoms with Crippen LogP contribution in [-0.2, 0) is 5.54 Å². The molecule has 0 radical (unpaired) electrons. The zero-order valence-electron chi connectivity index (χ0n) is 10.6. The Morgan fingerprint density at radius 1 is 1.41 bits per heavy atom. The van der Waals surface area contributed by atoms with Gasteiger partial charge in [0, 0.05) is 11.6 Å². The number of aromatic nitrogens is 1. The summed E-state index contributed by atoms with van der Waals surface area (Å²) in [7, 11) is 0. The lowest BCUT2D eigenvalue weighted by Crippen LogP contribution is -2.46. The van der Waals surface area contributed by atoms with Gasteiger partial charge in [-0.15, -0.1) is 11.3 Å². The van der Waals surface area contributed by atoms with Crippen LogP contribution in [0.4, 0.5) is 0 Å². The average Bonchev–Trinajstić information content (AvgIpc) is 3.05. The molecule has 94 valence electrons. The normalized spacial score (nSPS) is 33.8. The van der Waals surface area contributed by atoms with Gasteiger partial charge in [-0.1, -0.05) is 19.8 Å². The van der Waals surface area contributed by atoms with Gasteiger partial charge in [0.25, 0.3) is 0 Å². The van der Waals surface area contributed by atoms with Crippen LogP contribution < -0.4 is 5.32 Å². The highest BCUT2D eigenvalue weighted by Crippen LogP contribution is 2.49. The monoisotopic (exact) mass is 250 g/mol. The molecule has 3 rings (SSSR count). The molecule has 1 aromatic rings. The lowest BCUT2D eigenvalue weighted by Gasteiger charge is -2.40. The fraction of sp³-hybridized carbons (Fsp3) is 0.786. The summed E-state index contributed by atoms with van der Waals surface area (Å²) in [6.07, 6.45) is 10.3. The van der Waals surface area contributed by atoms with E-state index in [1.165, 1.54) is 43.5 Å². The molecule has 1 heterocycles. The van der Waals surface area contributed by atoms with E-state index in [2.05, 4.69) is 22.6 Å². The van der Waals surface area contributed by atoms with E-state index in [0.717, 1.165) is 18.4 Å². The van der Waals surface area contributed by atoms with E-state index >= 15 is 0 Å². The molecule has 2 nitrogen and oxygen atoms in total. The first kappa shape index (κ1) is 11.7. The number of rotatable bonds is 4. The summed E-state index contributed by atoms with van der Waals surface area (Å²) in [5.41, 5.74) is 0.203. The van der Waals surface area contributed by atoms with Gasteiger partial charge in [-0.2, -0.15) is 0 Å². The van der Waals surface area contributed by atoms with Gasteiger partial charge in [0.05, 0.1) is 5.54 Å². The van der Waals surface area contributed by atoms with Crippen LogP contribution in [0.3, 0.4) is 0 Å². The summed E-state index contributed by atoms with van der Waals surface area (Å²) >= 11 is 1.83. The van der Waals surface area contributed by atoms with Gasteiger partial charge < -0.3 is 5.32 Å². The molecule has 3 heteroatoms. The van der Waals surface area contributed by atoms with Crippen LogP contribution in [0.25, 0.3) is 0 Å². The number of hydrogen-bond acceptors (Lipinski definition) is 3. The second-order valence-corrected chi connectivity index (χ2v) is 6.54. The lowest BCUT2D eigenvalue weighted by atomic mass is 9.74. The highest BCUT2D eigenvalue weighted by molar-refractivity contribution is 7.09. The number of nitrogens with zero attached hydrogens (tertiary/aromatic N) is 1. The molecule has 2 unspecified atom stereocenters. The van der Waals surface area contributed by atoms with Crippen LogP contribution >= 0.6 is 11.3 Å². The molecule has 0 aromatic carbocycles. The standard InChI is InChI=1S/C14H22N2S/c1-2-16-14(13-15-8-9-17-13)7-3-4-12(10-14)11-5-6-11/h8-9,11-12,16H,2-7,10H2,1H3. The minimum absolute atomic E-state index is 0.203. The van der Waals surface area contributed by atoms with E-state index in [4.69, 9.17) is 0 Å². The van der Waals surface area contributed by atoms with E-state index in [1.54, 1.807) is 0 Å². The van der Waals surface area contributed by atoms with Crippen molar-refractivity contribution >= 4 is 11.3 Å². The fourth-order valence-electron chi connectivity index (χ4n) is 3.52. The summed E-state index contributed by atoms with van der Waals surface area (Å²) in [6.45, 7) is 3.27. The van der Waals surface area contributed by atoms with Gasteiger partial charge in [0.1, 0.15) is 5.01 Å². The summed E-state index contributed by atoms with van der Waals surface area (Å²) in [5.74, 6) is 1.99. The zero-order chi connectivity index (χ0) is 11.7. The second kappa shape index (κ2) is 4.69. The molecule has 0 spiro atoms. The lowest BCUT2D eigenvalue weighted by molar-refractivity contribution is 0.166. The molecule has 17 heavy (non-hydrogen) atoms. The number of nitrogens with one attached hydrogen (secondary N) is 1. The Morgan fingerprint density at radius 2 is 2.29 bits per heavy atom. The topological polar surface area (TPSA) is 24.9 Å². The molecule has 0 aliphatic heterocycles. The minimum Gasteiger partial charge on any atom is -0.306 e. The SMILES string of the molecule is CCNC1(c2nccs2)CCCC(C2CC2)C1. The van der Waals surface area contributed by atoms with Gasteiger partial charge in [-0.3, -0.25) is 0 Å². The van der Waals surface area contributed by atoms with Crippen LogP contribution in [0.15, 0.2) is 11.6 Å². The largest absolute Gasteiger partial charge is 0.306 e. The van der Waals surface area contributed by atoms with Gasteiger partial charge in [0.15, 0.2) is 0 Å². The van der Waals surface area contributed by atoms with Crippen molar-refractivity contribution in [1.82, 2.24) is 10.3 Å². The van der Waals surface area contributed by atoms with Crippen molar-refractivity contribution in [3.63, 3.8) is 0 Å². The third-order valence-corrected chi connectivity index (χ3v) is 5.41. The predicted octanol–water partition coefficient (Wildman–Crippen LogP) is 3.55. The molecule has 2 aliphatic carbocycles. The highest BCUT2D eigenvalue weighted by atomic mass is 32.1. The fourth-order valence-corrected chi connectivity index (χ4v) is 4.37. The van der Waals surface area contributed by atoms with Crippen molar-refractivity contribution in [2.45, 2.75) is 51.0 Å². The van der Waals surface area contributed by atoms with Crippen molar-refractivity contribution in [2.24, 2.45) is 11.8 Å². The summed E-state index contributed by atoms with van der Waals surface area (Å²) < 4.78 is 0. The maximum Gasteiger partial charge on any atom is 0.113 e. The molecule has 2 fully saturated rings. The van der Waals surface area contributed by atoms with Crippen molar-refractivity contribution in [3.05, 3.63) is 16.6 Å². The molecular formula is C14H22N2S. The Morgan fingerprint density at radius 3 is 2.94 bits per heavy atom. The van der Waals surface area contributed by atoms with E-state index in [-0.39, 0.29) is 5.54 Å². The number of hydrogen-bond donors (Lipinski definition) is 1. The third kappa shape index (κ3) is 2.27. The molecule has 1 aromatic heterocycles. The van der Waals surface area contributed by atoms with Crippen LogP contribution in [0.2, 0.25) is 0 Å². The van der Waals surface area contributed by atoms with Gasteiger partial charge >= 0.3 is 0 Å². The first-order valence-electron chi connectivity index (χ1n) is 6.99. The van der Waals surface area contributed by atoms with Gasteiger partial charge in [-0.25, -0.2) is 4.98 Å². The smallest absolute Gasteiger partial charge is 0.113 e. The third-order valence-electron chi connectivity index (χ3n) is 4.43. The molecule has 0 amide bonds. The maximum absolute atomic E-state index is 4.60. The summed E-state index contributed by atoms with van der Waals surface area (Å²) in [5, 5.41) is 7.20. The summed E-state index contributed by atoms with van der Waals surface area (Å²) in [4.78, 5) is 4.60. The Balaban J connectivity index is 1.82. The maximum atomic E-state index is 4.60. The quantitative estimate of drug-likeness (QED) is 0.884. The first-order chi connectivity index (χ1) is 8.34. The minimum atomic E-state index is 0.203. The first-order valence-corrected chi connectivity index (χ1v) is 7.87. The number of thiazole rings is 1. The Bertz CT molecular complexity index is 354. The van der Waals surface area contributed by atoms with Crippen LogP contribution in [0.1, 0.15) is 50.5 Å². The van der Waals surface area contributed by atoms with Crippen LogP contribution in [0, 0.1) is 11.8 Å². The Labute approximate surface area is 108 Å². The van der Waals surface area contributed by atoms with Gasteiger partial charge in [0.2, 0.25) is 0 Å². The summed E-state index contributed by atoms with van der Waals surface area (Å²) in [6, 6.07) is 0. The van der Waals surface area contributed by atoms with E-state index < -0.39 is 0 Å². The highest BCUT2D eigenvalue weighted by Gasteiger charge is 2.43. The predicted molar refractivity (Wildman–Crippen MR) is 72.2 cm³/mol. The Hall–Kier alpha value is -0.410. The molecule has 0 saturated heterocycles. The molecule has 2 atom stereocenters. The molecule has 2 saturated carbocycles. The molecule has 0 bridgehead atoms. The molecule has 2 aliphatic rings. The zero-order valence-corrected chi connectivity index (χ0v) is 11.4. The van der Waals surface area contributed by atoms with Crippen LogP contribution in [0.5, 0.6) is 0 Å². The second-order valence-electron chi connectivity index (χ2n) is 5.64. The van der Waals surface area contributed by atoms with Crippen molar-refractivity contribution < 1.29 is 0 Å². The van der Waals surface area contributed by atoms with Crippen LogP contribution in [-0.4, -0.2) is 11.5 Å². The average molecular weight is 250 g/mol. The van der Waals surface area contributed by atoms with E-state index in [0.29, 0.717) is 0 Å². The van der Waals surface area contributed by atoms with E-state index in [1.807, 2.05) is 17.5 Å². The van der Waals surface area contributed by atoms with Crippen molar-refractivity contribution in [2.75, 3.05) is 6.54 Å². The van der Waals surface area contributed by atoms with Gasteiger partial charge in [-0.05, 0) is 44.1 Å². The van der Waals surface area contributed by atoms with E-state index in [9.17, 15) is 0 Å². The molecular weight excluding hydrogens is 228 g/mol. The van der Waals surface area contributed by atoms with Crippen molar-refractivity contribution in [3.8, 4) is 0 Å². The Kier molecular flexibility index (Phi) is 3.22. The molecule has 1 N–H and O–H groups in total.